The first-order valence-corrected chi connectivity index (χ1v) is 5.33. The average Bonchev–Trinajstić information content (AvgIpc) is 2.39. The van der Waals surface area contributed by atoms with Gasteiger partial charge in [-0.05, 0) is 24.3 Å². The number of benzene rings is 2. The van der Waals surface area contributed by atoms with E-state index < -0.39 is 0 Å². The molecule has 2 aromatic rings. The van der Waals surface area contributed by atoms with Crippen molar-refractivity contribution in [1.29, 1.82) is 0 Å². The number of hydrogen-bond donors (Lipinski definition) is 1. The Morgan fingerprint density at radius 1 is 1.11 bits per heavy atom. The van der Waals surface area contributed by atoms with E-state index in [1.807, 2.05) is 0 Å². The molecule has 0 unspecified atom stereocenters. The topological polar surface area (TPSA) is 55.8 Å². The van der Waals surface area contributed by atoms with Crippen molar-refractivity contribution in [2.45, 2.75) is 0 Å². The summed E-state index contributed by atoms with van der Waals surface area (Å²) in [6.45, 7) is 0. The van der Waals surface area contributed by atoms with Gasteiger partial charge in [-0.2, -0.15) is 0 Å². The van der Waals surface area contributed by atoms with E-state index in [2.05, 4.69) is 0 Å². The van der Waals surface area contributed by atoms with Gasteiger partial charge in [-0.3, -0.25) is 4.79 Å². The van der Waals surface area contributed by atoms with Crippen molar-refractivity contribution in [1.82, 2.24) is 0 Å². The second-order valence-electron chi connectivity index (χ2n) is 3.63. The van der Waals surface area contributed by atoms with Crippen molar-refractivity contribution < 1.29 is 19.4 Å². The Bertz CT molecular complexity index is 563. The van der Waals surface area contributed by atoms with Gasteiger partial charge in [0.1, 0.15) is 17.8 Å². The molecule has 4 nitrogen and oxygen atoms in total. The first-order valence-electron chi connectivity index (χ1n) is 5.33. The molecule has 92 valence electrons. The average molecular weight is 244 g/mol. The smallest absolute Gasteiger partial charge is 0.161 e. The Labute approximate surface area is 104 Å². The molecule has 0 bridgehead atoms. The van der Waals surface area contributed by atoms with Gasteiger partial charge in [0.05, 0.1) is 7.11 Å². The van der Waals surface area contributed by atoms with E-state index >= 15 is 0 Å². The zero-order valence-corrected chi connectivity index (χ0v) is 9.79. The first-order chi connectivity index (χ1) is 8.72. The highest BCUT2D eigenvalue weighted by Gasteiger charge is 2.04. The summed E-state index contributed by atoms with van der Waals surface area (Å²) in [6.07, 6.45) is 0.748. The number of phenols is 1. The monoisotopic (exact) mass is 244 g/mol. The Morgan fingerprint density at radius 2 is 1.89 bits per heavy atom. The summed E-state index contributed by atoms with van der Waals surface area (Å²) in [5.74, 6) is 1.38. The molecular formula is C14H12O4. The number of carbonyl (C=O) groups is 1. The zero-order chi connectivity index (χ0) is 13.0. The lowest BCUT2D eigenvalue weighted by molar-refractivity contribution is 0.112. The number of carbonyl (C=O) groups excluding carboxylic acids is 1. The van der Waals surface area contributed by atoms with Crippen LogP contribution in [-0.4, -0.2) is 18.5 Å². The first kappa shape index (κ1) is 12.0. The van der Waals surface area contributed by atoms with Gasteiger partial charge in [-0.15, -0.1) is 0 Å². The molecule has 0 saturated heterocycles. The van der Waals surface area contributed by atoms with Crippen molar-refractivity contribution >= 4 is 6.29 Å². The van der Waals surface area contributed by atoms with Gasteiger partial charge >= 0.3 is 0 Å². The molecule has 0 aliphatic heterocycles. The molecule has 4 heteroatoms. The highest BCUT2D eigenvalue weighted by molar-refractivity contribution is 5.75. The third-order valence-corrected chi connectivity index (χ3v) is 2.38. The lowest BCUT2D eigenvalue weighted by atomic mass is 10.2. The molecule has 18 heavy (non-hydrogen) atoms. The predicted molar refractivity (Wildman–Crippen MR) is 66.6 cm³/mol. The van der Waals surface area contributed by atoms with Crippen molar-refractivity contribution in [3.63, 3.8) is 0 Å². The summed E-state index contributed by atoms with van der Waals surface area (Å²) in [7, 11) is 1.48. The zero-order valence-electron chi connectivity index (χ0n) is 9.79. The SMILES string of the molecule is COc1ccc(Oc2cccc(C=O)c2)cc1O. The van der Waals surface area contributed by atoms with Gasteiger partial charge in [-0.25, -0.2) is 0 Å². The van der Waals surface area contributed by atoms with Crippen molar-refractivity contribution in [2.75, 3.05) is 7.11 Å². The van der Waals surface area contributed by atoms with Gasteiger partial charge in [0, 0.05) is 11.6 Å². The number of ether oxygens (including phenoxy) is 2. The minimum atomic E-state index is 0.00143. The number of aldehydes is 1. The molecule has 0 amide bonds. The van der Waals surface area contributed by atoms with Crippen LogP contribution >= 0.6 is 0 Å². The molecular weight excluding hydrogens is 232 g/mol. The van der Waals surface area contributed by atoms with Crippen LogP contribution < -0.4 is 9.47 Å². The number of rotatable bonds is 4. The summed E-state index contributed by atoms with van der Waals surface area (Å²) in [5, 5.41) is 9.61. The molecule has 0 atom stereocenters. The lowest BCUT2D eigenvalue weighted by Gasteiger charge is -2.08. The highest BCUT2D eigenvalue weighted by Crippen LogP contribution is 2.32. The number of hydrogen-bond acceptors (Lipinski definition) is 4. The van der Waals surface area contributed by atoms with E-state index in [9.17, 15) is 9.90 Å². The maximum Gasteiger partial charge on any atom is 0.161 e. The van der Waals surface area contributed by atoms with Crippen LogP contribution in [0.25, 0.3) is 0 Å². The molecule has 2 rings (SSSR count). The second-order valence-corrected chi connectivity index (χ2v) is 3.63. The minimum absolute atomic E-state index is 0.00143. The van der Waals surface area contributed by atoms with E-state index in [-0.39, 0.29) is 5.75 Å². The van der Waals surface area contributed by atoms with E-state index in [1.165, 1.54) is 13.2 Å². The van der Waals surface area contributed by atoms with Crippen LogP contribution in [0.3, 0.4) is 0 Å². The Kier molecular flexibility index (Phi) is 3.48. The molecule has 0 fully saturated rings. The largest absolute Gasteiger partial charge is 0.504 e. The Morgan fingerprint density at radius 3 is 2.56 bits per heavy atom. The quantitative estimate of drug-likeness (QED) is 0.840. The fraction of sp³-hybridized carbons (Fsp3) is 0.0714. The van der Waals surface area contributed by atoms with E-state index in [0.717, 1.165) is 6.29 Å². The maximum atomic E-state index is 10.6. The lowest BCUT2D eigenvalue weighted by Crippen LogP contribution is -1.88. The highest BCUT2D eigenvalue weighted by atomic mass is 16.5. The van der Waals surface area contributed by atoms with Crippen LogP contribution in [0.1, 0.15) is 10.4 Å². The number of aromatic hydroxyl groups is 1. The fourth-order valence-corrected chi connectivity index (χ4v) is 1.52. The molecule has 1 N–H and O–H groups in total. The number of phenolic OH excluding ortho intramolecular Hbond substituents is 1. The van der Waals surface area contributed by atoms with E-state index in [4.69, 9.17) is 9.47 Å². The molecule has 0 aliphatic carbocycles. The molecule has 2 aromatic carbocycles. The standard InChI is InChI=1S/C14H12O4/c1-17-14-6-5-12(8-13(14)16)18-11-4-2-3-10(7-11)9-15/h2-9,16H,1H3. The molecule has 0 saturated carbocycles. The van der Waals surface area contributed by atoms with E-state index in [1.54, 1.807) is 36.4 Å². The van der Waals surface area contributed by atoms with Crippen LogP contribution in [0.15, 0.2) is 42.5 Å². The number of methoxy groups -OCH3 is 1. The van der Waals surface area contributed by atoms with Crippen LogP contribution in [0.4, 0.5) is 0 Å². The maximum absolute atomic E-state index is 10.6. The van der Waals surface area contributed by atoms with Gasteiger partial charge in [-0.1, -0.05) is 12.1 Å². The van der Waals surface area contributed by atoms with Crippen LogP contribution in [0.2, 0.25) is 0 Å². The van der Waals surface area contributed by atoms with Crippen LogP contribution in [0, 0.1) is 0 Å². The van der Waals surface area contributed by atoms with Gasteiger partial charge in [0.15, 0.2) is 11.5 Å². The summed E-state index contributed by atoms with van der Waals surface area (Å²) in [6, 6.07) is 11.5. The summed E-state index contributed by atoms with van der Waals surface area (Å²) in [5.41, 5.74) is 0.533. The molecule has 0 heterocycles. The summed E-state index contributed by atoms with van der Waals surface area (Å²) in [4.78, 5) is 10.6. The van der Waals surface area contributed by atoms with Crippen LogP contribution in [-0.2, 0) is 0 Å². The normalized spacial score (nSPS) is 9.83. The summed E-state index contributed by atoms with van der Waals surface area (Å²) < 4.78 is 10.5. The Hall–Kier alpha value is -2.49. The molecule has 0 aromatic heterocycles. The predicted octanol–water partition coefficient (Wildman–Crippen LogP) is 3.01. The van der Waals surface area contributed by atoms with Gasteiger partial charge in [0.2, 0.25) is 0 Å². The minimum Gasteiger partial charge on any atom is -0.504 e. The fourth-order valence-electron chi connectivity index (χ4n) is 1.52. The van der Waals surface area contributed by atoms with Gasteiger partial charge < -0.3 is 14.6 Å². The van der Waals surface area contributed by atoms with Crippen molar-refractivity contribution in [3.8, 4) is 23.0 Å². The Balaban J connectivity index is 2.22. The third kappa shape index (κ3) is 2.60. The van der Waals surface area contributed by atoms with Gasteiger partial charge in [0.25, 0.3) is 0 Å². The van der Waals surface area contributed by atoms with E-state index in [0.29, 0.717) is 22.8 Å². The third-order valence-electron chi connectivity index (χ3n) is 2.38. The summed E-state index contributed by atoms with van der Waals surface area (Å²) >= 11 is 0. The van der Waals surface area contributed by atoms with Crippen molar-refractivity contribution in [3.05, 3.63) is 48.0 Å². The molecule has 0 aliphatic rings. The molecule has 0 spiro atoms. The van der Waals surface area contributed by atoms with Crippen LogP contribution in [0.5, 0.6) is 23.0 Å². The molecule has 0 radical (unpaired) electrons. The van der Waals surface area contributed by atoms with Crippen molar-refractivity contribution in [2.24, 2.45) is 0 Å². The second kappa shape index (κ2) is 5.23.